The van der Waals surface area contributed by atoms with Gasteiger partial charge in [-0.15, -0.1) is 0 Å². The van der Waals surface area contributed by atoms with E-state index in [1.165, 1.54) is 25.7 Å². The third kappa shape index (κ3) is 2.05. The standard InChI is InChI=1S/C12H21F/c1-2-4-10-7-11-5-3-6-12(13,8-10)9-11/h10-11H,2-9H2,1H3. The largest absolute Gasteiger partial charge is 0.244 e. The smallest absolute Gasteiger partial charge is 0.111 e. The highest BCUT2D eigenvalue weighted by Crippen LogP contribution is 2.48. The number of halogens is 1. The van der Waals surface area contributed by atoms with Crippen molar-refractivity contribution in [1.82, 2.24) is 0 Å². The molecule has 0 aliphatic heterocycles. The lowest BCUT2D eigenvalue weighted by Gasteiger charge is -2.43. The molecule has 0 radical (unpaired) electrons. The number of alkyl halides is 1. The molecule has 2 rings (SSSR count). The van der Waals surface area contributed by atoms with Gasteiger partial charge in [-0.25, -0.2) is 4.39 Å². The normalized spacial score (nSPS) is 44.8. The van der Waals surface area contributed by atoms with Crippen LogP contribution in [0.4, 0.5) is 4.39 Å². The second-order valence-electron chi connectivity index (χ2n) is 5.21. The van der Waals surface area contributed by atoms with Crippen LogP contribution in [0.25, 0.3) is 0 Å². The molecule has 76 valence electrons. The van der Waals surface area contributed by atoms with Gasteiger partial charge in [0, 0.05) is 0 Å². The minimum Gasteiger partial charge on any atom is -0.244 e. The Hall–Kier alpha value is -0.0700. The molecule has 2 aliphatic carbocycles. The first-order chi connectivity index (χ1) is 6.22. The summed E-state index contributed by atoms with van der Waals surface area (Å²) in [4.78, 5) is 0. The lowest BCUT2D eigenvalue weighted by molar-refractivity contribution is 0.000663. The Morgan fingerprint density at radius 3 is 2.92 bits per heavy atom. The molecule has 0 aromatic rings. The maximum Gasteiger partial charge on any atom is 0.111 e. The molecule has 0 aromatic carbocycles. The highest BCUT2D eigenvalue weighted by atomic mass is 19.1. The molecule has 0 aromatic heterocycles. The van der Waals surface area contributed by atoms with E-state index >= 15 is 0 Å². The molecular weight excluding hydrogens is 163 g/mol. The van der Waals surface area contributed by atoms with Crippen LogP contribution >= 0.6 is 0 Å². The van der Waals surface area contributed by atoms with Crippen molar-refractivity contribution in [1.29, 1.82) is 0 Å². The van der Waals surface area contributed by atoms with Crippen LogP contribution in [0.15, 0.2) is 0 Å². The molecule has 0 N–H and O–H groups in total. The van der Waals surface area contributed by atoms with E-state index in [0.717, 1.165) is 31.6 Å². The van der Waals surface area contributed by atoms with Crippen molar-refractivity contribution in [2.75, 3.05) is 0 Å². The molecule has 0 amide bonds. The average Bonchev–Trinajstić information content (AvgIpc) is 2.02. The topological polar surface area (TPSA) is 0 Å². The van der Waals surface area contributed by atoms with Gasteiger partial charge in [0.25, 0.3) is 0 Å². The van der Waals surface area contributed by atoms with Gasteiger partial charge in [0.05, 0.1) is 0 Å². The van der Waals surface area contributed by atoms with Gasteiger partial charge < -0.3 is 0 Å². The minimum atomic E-state index is -0.749. The van der Waals surface area contributed by atoms with Crippen LogP contribution in [-0.4, -0.2) is 5.67 Å². The van der Waals surface area contributed by atoms with Gasteiger partial charge >= 0.3 is 0 Å². The highest BCUT2D eigenvalue weighted by molar-refractivity contribution is 4.93. The monoisotopic (exact) mass is 184 g/mol. The van der Waals surface area contributed by atoms with E-state index in [0.29, 0.717) is 5.92 Å². The zero-order chi connectivity index (χ0) is 9.31. The van der Waals surface area contributed by atoms with Crippen LogP contribution in [0.2, 0.25) is 0 Å². The summed E-state index contributed by atoms with van der Waals surface area (Å²) in [6.45, 7) is 2.22. The van der Waals surface area contributed by atoms with Crippen LogP contribution in [-0.2, 0) is 0 Å². The predicted octanol–water partition coefficient (Wildman–Crippen LogP) is 4.10. The van der Waals surface area contributed by atoms with E-state index in [-0.39, 0.29) is 0 Å². The number of hydrogen-bond acceptors (Lipinski definition) is 0. The van der Waals surface area contributed by atoms with Crippen LogP contribution in [0.3, 0.4) is 0 Å². The van der Waals surface area contributed by atoms with E-state index in [9.17, 15) is 4.39 Å². The van der Waals surface area contributed by atoms with Crippen LogP contribution in [0.5, 0.6) is 0 Å². The van der Waals surface area contributed by atoms with Crippen molar-refractivity contribution in [2.45, 2.75) is 64.0 Å². The zero-order valence-electron chi connectivity index (χ0n) is 8.69. The number of fused-ring (bicyclic) bond motifs is 2. The Morgan fingerprint density at radius 2 is 2.23 bits per heavy atom. The fourth-order valence-corrected chi connectivity index (χ4v) is 3.52. The van der Waals surface area contributed by atoms with Crippen LogP contribution in [0.1, 0.15) is 58.3 Å². The van der Waals surface area contributed by atoms with E-state index in [1.807, 2.05) is 0 Å². The van der Waals surface area contributed by atoms with Crippen molar-refractivity contribution in [3.63, 3.8) is 0 Å². The van der Waals surface area contributed by atoms with E-state index in [1.54, 1.807) is 0 Å². The van der Waals surface area contributed by atoms with Gasteiger partial charge in [-0.05, 0) is 43.9 Å². The maximum atomic E-state index is 14.2. The third-order valence-corrected chi connectivity index (χ3v) is 3.91. The van der Waals surface area contributed by atoms with Gasteiger partial charge in [-0.3, -0.25) is 0 Å². The van der Waals surface area contributed by atoms with Crippen molar-refractivity contribution in [3.8, 4) is 0 Å². The first kappa shape index (κ1) is 9.48. The van der Waals surface area contributed by atoms with Crippen molar-refractivity contribution < 1.29 is 4.39 Å². The molecule has 0 spiro atoms. The second kappa shape index (κ2) is 3.59. The molecule has 13 heavy (non-hydrogen) atoms. The molecule has 2 fully saturated rings. The molecular formula is C12H21F. The number of hydrogen-bond donors (Lipinski definition) is 0. The van der Waals surface area contributed by atoms with Gasteiger partial charge in [0.15, 0.2) is 0 Å². The fourth-order valence-electron chi connectivity index (χ4n) is 3.52. The summed E-state index contributed by atoms with van der Waals surface area (Å²) in [6.07, 6.45) is 8.84. The fraction of sp³-hybridized carbons (Fsp3) is 1.00. The van der Waals surface area contributed by atoms with E-state index in [2.05, 4.69) is 6.92 Å². The summed E-state index contributed by atoms with van der Waals surface area (Å²) < 4.78 is 14.2. The van der Waals surface area contributed by atoms with Crippen LogP contribution in [0, 0.1) is 11.8 Å². The SMILES string of the molecule is CCCC1CC2CCCC(F)(C1)C2. The quantitative estimate of drug-likeness (QED) is 0.606. The molecule has 0 saturated heterocycles. The van der Waals surface area contributed by atoms with Crippen molar-refractivity contribution in [3.05, 3.63) is 0 Å². The molecule has 2 saturated carbocycles. The average molecular weight is 184 g/mol. The molecule has 1 heteroatoms. The first-order valence-corrected chi connectivity index (χ1v) is 5.91. The summed E-state index contributed by atoms with van der Waals surface area (Å²) in [5.74, 6) is 1.43. The zero-order valence-corrected chi connectivity index (χ0v) is 8.69. The summed E-state index contributed by atoms with van der Waals surface area (Å²) >= 11 is 0. The Kier molecular flexibility index (Phi) is 2.62. The van der Waals surface area contributed by atoms with Crippen LogP contribution < -0.4 is 0 Å². The first-order valence-electron chi connectivity index (χ1n) is 5.91. The molecule has 2 aliphatic rings. The highest BCUT2D eigenvalue weighted by Gasteiger charge is 2.42. The van der Waals surface area contributed by atoms with Crippen molar-refractivity contribution >= 4 is 0 Å². The number of rotatable bonds is 2. The molecule has 2 bridgehead atoms. The van der Waals surface area contributed by atoms with Gasteiger partial charge in [-0.2, -0.15) is 0 Å². The van der Waals surface area contributed by atoms with Crippen molar-refractivity contribution in [2.24, 2.45) is 11.8 Å². The molecule has 3 unspecified atom stereocenters. The molecule has 0 nitrogen and oxygen atoms in total. The lowest BCUT2D eigenvalue weighted by atomic mass is 9.65. The predicted molar refractivity (Wildman–Crippen MR) is 53.4 cm³/mol. The lowest BCUT2D eigenvalue weighted by Crippen LogP contribution is -2.38. The Labute approximate surface area is 80.9 Å². The van der Waals surface area contributed by atoms with E-state index < -0.39 is 5.67 Å². The third-order valence-electron chi connectivity index (χ3n) is 3.91. The van der Waals surface area contributed by atoms with Gasteiger partial charge in [0.1, 0.15) is 5.67 Å². The van der Waals surface area contributed by atoms with Gasteiger partial charge in [0.2, 0.25) is 0 Å². The summed E-state index contributed by atoms with van der Waals surface area (Å²) in [5.41, 5.74) is -0.749. The summed E-state index contributed by atoms with van der Waals surface area (Å²) in [5, 5.41) is 0. The second-order valence-corrected chi connectivity index (χ2v) is 5.21. The Morgan fingerprint density at radius 1 is 1.38 bits per heavy atom. The maximum absolute atomic E-state index is 14.2. The van der Waals surface area contributed by atoms with E-state index in [4.69, 9.17) is 0 Å². The molecule has 0 heterocycles. The summed E-state index contributed by atoms with van der Waals surface area (Å²) in [6, 6.07) is 0. The molecule has 3 atom stereocenters. The Balaban J connectivity index is 1.98. The Bertz CT molecular complexity index is 178. The minimum absolute atomic E-state index is 0.703. The van der Waals surface area contributed by atoms with Gasteiger partial charge in [-0.1, -0.05) is 26.2 Å². The summed E-state index contributed by atoms with van der Waals surface area (Å²) in [7, 11) is 0.